The quantitative estimate of drug-likeness (QED) is 0.0471. The number of nitrogens with zero attached hydrogens (tertiary/aromatic N) is 4. The van der Waals surface area contributed by atoms with E-state index < -0.39 is 41.0 Å². The molecule has 14 heteroatoms. The maximum absolute atomic E-state index is 13.8. The van der Waals surface area contributed by atoms with Crippen molar-refractivity contribution in [2.24, 2.45) is 10.3 Å². The summed E-state index contributed by atoms with van der Waals surface area (Å²) in [6.07, 6.45) is 0. The third-order valence-electron chi connectivity index (χ3n) is 8.30. The number of amides is 2. The van der Waals surface area contributed by atoms with E-state index in [-0.39, 0.29) is 23.6 Å². The van der Waals surface area contributed by atoms with Crippen molar-refractivity contribution in [1.82, 2.24) is 15.2 Å². The molecular formula is C37H36N6O6S2. The Kier molecular flexibility index (Phi) is 10.3. The predicted molar refractivity (Wildman–Crippen MR) is 197 cm³/mol. The van der Waals surface area contributed by atoms with Crippen LogP contribution in [0.5, 0.6) is 0 Å². The third kappa shape index (κ3) is 7.14. The Morgan fingerprint density at radius 2 is 1.51 bits per heavy atom. The summed E-state index contributed by atoms with van der Waals surface area (Å²) in [5.74, 6) is -1.61. The number of thioether (sulfide) groups is 1. The first-order valence-corrected chi connectivity index (χ1v) is 18.0. The van der Waals surface area contributed by atoms with Gasteiger partial charge in [0, 0.05) is 16.0 Å². The number of thiazole rings is 1. The summed E-state index contributed by atoms with van der Waals surface area (Å²) in [4.78, 5) is 63.0. The summed E-state index contributed by atoms with van der Waals surface area (Å²) in [6.45, 7) is 4.84. The fourth-order valence-corrected chi connectivity index (χ4v) is 8.07. The SMILES string of the molecule is CON=C(C(=O)NC1C(=O)N2C(C(=O)OC(C)(C)C)=C(CN=O)SCC12)c1csc(NC(c2ccccc2)(c2ccccc2)c2ccccc2)n1. The van der Waals surface area contributed by atoms with Crippen molar-refractivity contribution in [3.8, 4) is 0 Å². The highest BCUT2D eigenvalue weighted by Crippen LogP contribution is 2.42. The van der Waals surface area contributed by atoms with Gasteiger partial charge >= 0.3 is 5.97 Å². The average Bonchev–Trinajstić information content (AvgIpc) is 3.60. The molecular weight excluding hydrogens is 689 g/mol. The zero-order valence-electron chi connectivity index (χ0n) is 28.4. The third-order valence-corrected chi connectivity index (χ3v) is 10.2. The van der Waals surface area contributed by atoms with E-state index >= 15 is 0 Å². The highest BCUT2D eigenvalue weighted by atomic mass is 32.2. The number of β-lactam (4-membered cyclic amide) rings is 1. The molecule has 0 radical (unpaired) electrons. The lowest BCUT2D eigenvalue weighted by atomic mass is 9.77. The van der Waals surface area contributed by atoms with Crippen LogP contribution in [0.15, 0.2) is 117 Å². The Labute approximate surface area is 303 Å². The highest BCUT2D eigenvalue weighted by Gasteiger charge is 2.54. The van der Waals surface area contributed by atoms with E-state index in [4.69, 9.17) is 14.6 Å². The van der Waals surface area contributed by atoms with Gasteiger partial charge in [0.05, 0.1) is 6.04 Å². The number of rotatable bonds is 12. The van der Waals surface area contributed by atoms with Gasteiger partial charge in [-0.1, -0.05) is 101 Å². The number of fused-ring (bicyclic) bond motifs is 1. The van der Waals surface area contributed by atoms with Crippen LogP contribution >= 0.6 is 23.1 Å². The Balaban J connectivity index is 1.27. The first-order chi connectivity index (χ1) is 24.6. The molecule has 1 saturated heterocycles. The summed E-state index contributed by atoms with van der Waals surface area (Å²) in [5, 5.41) is 15.6. The molecule has 0 bridgehead atoms. The molecule has 12 nitrogen and oxygen atoms in total. The van der Waals surface area contributed by atoms with Crippen molar-refractivity contribution in [2.75, 3.05) is 24.7 Å². The second kappa shape index (κ2) is 14.9. The minimum atomic E-state index is -0.964. The zero-order chi connectivity index (χ0) is 36.2. The highest BCUT2D eigenvalue weighted by molar-refractivity contribution is 8.03. The smallest absolute Gasteiger partial charge is 0.356 e. The molecule has 2 amide bonds. The van der Waals surface area contributed by atoms with Crippen molar-refractivity contribution >= 4 is 51.7 Å². The van der Waals surface area contributed by atoms with E-state index in [9.17, 15) is 19.3 Å². The van der Waals surface area contributed by atoms with Gasteiger partial charge in [0.2, 0.25) is 0 Å². The summed E-state index contributed by atoms with van der Waals surface area (Å²) < 4.78 is 5.54. The van der Waals surface area contributed by atoms with Crippen LogP contribution in [0.3, 0.4) is 0 Å². The molecule has 2 N–H and O–H groups in total. The van der Waals surface area contributed by atoms with Crippen LogP contribution in [-0.4, -0.2) is 70.5 Å². The van der Waals surface area contributed by atoms with Crippen molar-refractivity contribution in [3.63, 3.8) is 0 Å². The zero-order valence-corrected chi connectivity index (χ0v) is 30.0. The number of carbonyl (C=O) groups is 3. The van der Waals surface area contributed by atoms with Crippen LogP contribution in [0.4, 0.5) is 5.13 Å². The van der Waals surface area contributed by atoms with Gasteiger partial charge in [0.1, 0.15) is 42.2 Å². The lowest BCUT2D eigenvalue weighted by molar-refractivity contribution is -0.160. The number of hydrogen-bond acceptors (Lipinski definition) is 12. The number of anilines is 1. The van der Waals surface area contributed by atoms with Crippen molar-refractivity contribution < 1.29 is 24.0 Å². The maximum atomic E-state index is 13.8. The van der Waals surface area contributed by atoms with Gasteiger partial charge in [-0.05, 0) is 37.5 Å². The average molecular weight is 725 g/mol. The van der Waals surface area contributed by atoms with Crippen LogP contribution in [-0.2, 0) is 29.5 Å². The largest absolute Gasteiger partial charge is 0.455 e. The van der Waals surface area contributed by atoms with E-state index in [1.165, 1.54) is 35.1 Å². The fourth-order valence-electron chi connectivity index (χ4n) is 6.14. The van der Waals surface area contributed by atoms with Crippen LogP contribution < -0.4 is 10.6 Å². The summed E-state index contributed by atoms with van der Waals surface area (Å²) >= 11 is 2.52. The van der Waals surface area contributed by atoms with Gasteiger partial charge in [-0.25, -0.2) is 9.78 Å². The molecule has 2 atom stereocenters. The van der Waals surface area contributed by atoms with Crippen molar-refractivity contribution in [1.29, 1.82) is 0 Å². The molecule has 2 aliphatic heterocycles. The summed E-state index contributed by atoms with van der Waals surface area (Å²) in [5.41, 5.74) is 1.33. The molecule has 1 aromatic heterocycles. The van der Waals surface area contributed by atoms with Gasteiger partial charge in [-0.15, -0.1) is 23.1 Å². The Morgan fingerprint density at radius 1 is 0.941 bits per heavy atom. The van der Waals surface area contributed by atoms with Crippen molar-refractivity contribution in [2.45, 2.75) is 44.0 Å². The molecule has 0 aliphatic carbocycles. The molecule has 51 heavy (non-hydrogen) atoms. The lowest BCUT2D eigenvalue weighted by Gasteiger charge is -2.50. The van der Waals surface area contributed by atoms with Crippen LogP contribution in [0.1, 0.15) is 43.2 Å². The Hall–Kier alpha value is -5.34. The predicted octanol–water partition coefficient (Wildman–Crippen LogP) is 5.66. The molecule has 1 fully saturated rings. The molecule has 3 heterocycles. The molecule has 4 aromatic rings. The Bertz CT molecular complexity index is 1880. The normalized spacial score (nSPS) is 17.6. The molecule has 0 spiro atoms. The van der Waals surface area contributed by atoms with E-state index in [0.29, 0.717) is 15.8 Å². The van der Waals surface area contributed by atoms with Gasteiger partial charge in [0.15, 0.2) is 10.8 Å². The number of hydrogen-bond donors (Lipinski definition) is 2. The number of oxime groups is 1. The van der Waals surface area contributed by atoms with E-state index in [1.54, 1.807) is 26.2 Å². The van der Waals surface area contributed by atoms with E-state index in [2.05, 4.69) is 57.4 Å². The summed E-state index contributed by atoms with van der Waals surface area (Å²) in [7, 11) is 1.32. The molecule has 262 valence electrons. The van der Waals surface area contributed by atoms with Gasteiger partial charge in [-0.3, -0.25) is 14.5 Å². The lowest BCUT2D eigenvalue weighted by Crippen LogP contribution is -2.73. The maximum Gasteiger partial charge on any atom is 0.356 e. The topological polar surface area (TPSA) is 152 Å². The minimum Gasteiger partial charge on any atom is -0.455 e. The fraction of sp³-hybridized carbons (Fsp3) is 0.270. The minimum absolute atomic E-state index is 0.0268. The van der Waals surface area contributed by atoms with E-state index in [0.717, 1.165) is 16.7 Å². The standard InChI is InChI=1S/C37H36N6O6S2/c1-36(2,3)49-34(46)31-28(20-38-47)50-22-27-30(33(45)43(27)31)40-32(44)29(42-48-4)26-21-51-35(39-26)41-37(23-14-8-5-9-15-23,24-16-10-6-11-17-24)25-18-12-7-13-19-25/h5-19,21,27,30H,20,22H2,1-4H3,(H,39,41)(H,40,44). The monoisotopic (exact) mass is 724 g/mol. The summed E-state index contributed by atoms with van der Waals surface area (Å²) in [6, 6.07) is 28.6. The number of carbonyl (C=O) groups excluding carboxylic acids is 3. The van der Waals surface area contributed by atoms with Crippen LogP contribution in [0.25, 0.3) is 0 Å². The number of nitrogens with one attached hydrogen (secondary N) is 2. The van der Waals surface area contributed by atoms with Crippen LogP contribution in [0.2, 0.25) is 0 Å². The van der Waals surface area contributed by atoms with Gasteiger partial charge in [-0.2, -0.15) is 4.91 Å². The number of nitroso groups, excluding NO2 is 1. The molecule has 2 aliphatic rings. The van der Waals surface area contributed by atoms with Crippen LogP contribution in [0, 0.1) is 4.91 Å². The number of benzene rings is 3. The molecule has 3 aromatic carbocycles. The molecule has 2 unspecified atom stereocenters. The Morgan fingerprint density at radius 3 is 2.02 bits per heavy atom. The number of esters is 1. The second-order valence-corrected chi connectivity index (χ2v) is 14.7. The van der Waals surface area contributed by atoms with Gasteiger partial charge in [0.25, 0.3) is 11.8 Å². The first-order valence-electron chi connectivity index (χ1n) is 16.1. The number of ether oxygens (including phenoxy) is 1. The van der Waals surface area contributed by atoms with Gasteiger partial charge < -0.3 is 20.2 Å². The molecule has 6 rings (SSSR count). The van der Waals surface area contributed by atoms with Crippen molar-refractivity contribution in [3.05, 3.63) is 134 Å². The first kappa shape index (κ1) is 35.5. The second-order valence-electron chi connectivity index (χ2n) is 12.7. The molecule has 0 saturated carbocycles. The number of aromatic nitrogens is 1. The van der Waals surface area contributed by atoms with E-state index in [1.807, 2.05) is 54.6 Å².